The van der Waals surface area contributed by atoms with Gasteiger partial charge in [-0.1, -0.05) is 5.16 Å². The summed E-state index contributed by atoms with van der Waals surface area (Å²) in [6.45, 7) is 9.36. The Labute approximate surface area is 115 Å². The monoisotopic (exact) mass is 273 g/mol. The maximum atomic E-state index is 5.95. The molecule has 1 unspecified atom stereocenters. The molecule has 1 aliphatic rings. The van der Waals surface area contributed by atoms with Crippen LogP contribution in [0.15, 0.2) is 4.52 Å². The second-order valence-electron chi connectivity index (χ2n) is 5.28. The predicted octanol–water partition coefficient (Wildman–Crippen LogP) is 2.27. The van der Waals surface area contributed by atoms with Crippen molar-refractivity contribution in [2.24, 2.45) is 11.7 Å². The number of piperidine rings is 1. The van der Waals surface area contributed by atoms with Crippen molar-refractivity contribution in [2.45, 2.75) is 46.2 Å². The summed E-state index contributed by atoms with van der Waals surface area (Å²) >= 11 is 0. The molecule has 2 N–H and O–H groups in total. The summed E-state index contributed by atoms with van der Waals surface area (Å²) in [6.07, 6.45) is 2.42. The summed E-state index contributed by atoms with van der Waals surface area (Å²) in [7, 11) is 0. The molecule has 0 bridgehead atoms. The molecule has 0 aromatic carbocycles. The van der Waals surface area contributed by atoms with Gasteiger partial charge in [0.05, 0.1) is 5.69 Å². The molecule has 0 amide bonds. The van der Waals surface area contributed by atoms with Gasteiger partial charge in [-0.2, -0.15) is 0 Å². The van der Waals surface area contributed by atoms with Gasteiger partial charge in [0.2, 0.25) is 0 Å². The molecule has 1 saturated heterocycles. The van der Waals surface area contributed by atoms with Crippen molar-refractivity contribution < 1.29 is 4.52 Å². The van der Waals surface area contributed by atoms with Crippen molar-refractivity contribution >= 4 is 12.4 Å². The second-order valence-corrected chi connectivity index (χ2v) is 5.28. The minimum Gasteiger partial charge on any atom is -0.361 e. The Hall–Kier alpha value is -0.580. The van der Waals surface area contributed by atoms with Crippen LogP contribution in [-0.4, -0.2) is 29.2 Å². The summed E-state index contributed by atoms with van der Waals surface area (Å²) in [6, 6.07) is 0.330. The van der Waals surface area contributed by atoms with Gasteiger partial charge in [-0.25, -0.2) is 0 Å². The van der Waals surface area contributed by atoms with Crippen LogP contribution in [0.2, 0.25) is 0 Å². The third kappa shape index (κ3) is 3.46. The lowest BCUT2D eigenvalue weighted by Gasteiger charge is -2.33. The Balaban J connectivity index is 0.00000162. The highest BCUT2D eigenvalue weighted by Gasteiger charge is 2.23. The molecule has 4 nitrogen and oxygen atoms in total. The summed E-state index contributed by atoms with van der Waals surface area (Å²) in [5, 5.41) is 4.00. The minimum atomic E-state index is 0. The molecule has 1 atom stereocenters. The number of hydrogen-bond donors (Lipinski definition) is 1. The van der Waals surface area contributed by atoms with Crippen molar-refractivity contribution in [3.8, 4) is 0 Å². The van der Waals surface area contributed by atoms with E-state index in [0.717, 1.165) is 31.1 Å². The highest BCUT2D eigenvalue weighted by molar-refractivity contribution is 5.85. The van der Waals surface area contributed by atoms with E-state index in [4.69, 9.17) is 10.3 Å². The first-order valence-corrected chi connectivity index (χ1v) is 6.47. The zero-order valence-electron chi connectivity index (χ0n) is 11.5. The van der Waals surface area contributed by atoms with Crippen LogP contribution in [0.4, 0.5) is 0 Å². The van der Waals surface area contributed by atoms with E-state index in [9.17, 15) is 0 Å². The van der Waals surface area contributed by atoms with E-state index < -0.39 is 0 Å². The van der Waals surface area contributed by atoms with E-state index in [1.165, 1.54) is 18.4 Å². The van der Waals surface area contributed by atoms with E-state index in [1.54, 1.807) is 0 Å². The van der Waals surface area contributed by atoms with Gasteiger partial charge in [0.1, 0.15) is 5.76 Å². The molecule has 18 heavy (non-hydrogen) atoms. The van der Waals surface area contributed by atoms with E-state index in [1.807, 2.05) is 13.8 Å². The van der Waals surface area contributed by atoms with Gasteiger partial charge in [-0.05, 0) is 52.6 Å². The second kappa shape index (κ2) is 6.55. The first-order chi connectivity index (χ1) is 8.08. The zero-order valence-corrected chi connectivity index (χ0v) is 12.3. The number of aryl methyl sites for hydroxylation is 2. The lowest BCUT2D eigenvalue weighted by atomic mass is 9.91. The third-order valence-corrected chi connectivity index (χ3v) is 3.94. The van der Waals surface area contributed by atoms with E-state index in [2.05, 4.69) is 17.0 Å². The van der Waals surface area contributed by atoms with Gasteiger partial charge in [0.25, 0.3) is 0 Å². The molecule has 104 valence electrons. The van der Waals surface area contributed by atoms with E-state index >= 15 is 0 Å². The lowest BCUT2D eigenvalue weighted by Crippen LogP contribution is -2.39. The molecule has 0 spiro atoms. The number of nitrogens with zero attached hydrogens (tertiary/aromatic N) is 2. The van der Waals surface area contributed by atoms with Gasteiger partial charge in [0.15, 0.2) is 0 Å². The molecule has 5 heteroatoms. The molecular weight excluding hydrogens is 250 g/mol. The van der Waals surface area contributed by atoms with Crippen LogP contribution in [0.1, 0.15) is 36.8 Å². The number of halogens is 1. The highest BCUT2D eigenvalue weighted by Crippen LogP contribution is 2.22. The Kier molecular flexibility index (Phi) is 5.63. The van der Waals surface area contributed by atoms with Crippen molar-refractivity contribution in [3.63, 3.8) is 0 Å². The van der Waals surface area contributed by atoms with Crippen molar-refractivity contribution in [1.29, 1.82) is 0 Å². The molecule has 0 saturated carbocycles. The summed E-state index contributed by atoms with van der Waals surface area (Å²) < 4.78 is 5.20. The standard InChI is InChI=1S/C13H23N3O.ClH/c1-9(14)12-4-6-16(7-5-12)8-13-10(2)15-17-11(13)3;/h9,12H,4-8,14H2,1-3H3;1H. The average molecular weight is 274 g/mol. The normalized spacial score (nSPS) is 19.6. The molecule has 0 radical (unpaired) electrons. The number of aromatic nitrogens is 1. The van der Waals surface area contributed by atoms with Crippen LogP contribution in [0, 0.1) is 19.8 Å². The molecule has 2 heterocycles. The van der Waals surface area contributed by atoms with Gasteiger partial charge in [0, 0.05) is 18.2 Å². The molecular formula is C13H24ClN3O. The molecule has 1 aliphatic heterocycles. The van der Waals surface area contributed by atoms with Crippen molar-refractivity contribution in [1.82, 2.24) is 10.1 Å². The van der Waals surface area contributed by atoms with Crippen LogP contribution >= 0.6 is 12.4 Å². The van der Waals surface area contributed by atoms with Crippen molar-refractivity contribution in [3.05, 3.63) is 17.0 Å². The summed E-state index contributed by atoms with van der Waals surface area (Å²) in [4.78, 5) is 2.48. The van der Waals surface area contributed by atoms with Crippen LogP contribution in [-0.2, 0) is 6.54 Å². The van der Waals surface area contributed by atoms with E-state index in [-0.39, 0.29) is 12.4 Å². The fraction of sp³-hybridized carbons (Fsp3) is 0.769. The molecule has 2 rings (SSSR count). The first-order valence-electron chi connectivity index (χ1n) is 6.47. The van der Waals surface area contributed by atoms with Gasteiger partial charge in [-0.3, -0.25) is 4.90 Å². The maximum Gasteiger partial charge on any atom is 0.138 e. The van der Waals surface area contributed by atoms with Crippen LogP contribution in [0.25, 0.3) is 0 Å². The van der Waals surface area contributed by atoms with Crippen LogP contribution in [0.3, 0.4) is 0 Å². The average Bonchev–Trinajstić information content (AvgIpc) is 2.61. The number of hydrogen-bond acceptors (Lipinski definition) is 4. The number of nitrogens with two attached hydrogens (primary N) is 1. The molecule has 1 aromatic rings. The minimum absolute atomic E-state index is 0. The van der Waals surface area contributed by atoms with Gasteiger partial charge >= 0.3 is 0 Å². The smallest absolute Gasteiger partial charge is 0.138 e. The SMILES string of the molecule is Cc1noc(C)c1CN1CCC(C(C)N)CC1.Cl. The van der Waals surface area contributed by atoms with Gasteiger partial charge in [-0.15, -0.1) is 12.4 Å². The number of rotatable bonds is 3. The Morgan fingerprint density at radius 1 is 1.39 bits per heavy atom. The lowest BCUT2D eigenvalue weighted by molar-refractivity contribution is 0.165. The Bertz CT molecular complexity index is 351. The van der Waals surface area contributed by atoms with E-state index in [0.29, 0.717) is 12.0 Å². The molecule has 1 fully saturated rings. The molecule has 0 aliphatic carbocycles. The summed E-state index contributed by atoms with van der Waals surface area (Å²) in [5.74, 6) is 1.65. The van der Waals surface area contributed by atoms with Crippen LogP contribution in [0.5, 0.6) is 0 Å². The largest absolute Gasteiger partial charge is 0.361 e. The van der Waals surface area contributed by atoms with Crippen LogP contribution < -0.4 is 5.73 Å². The quantitative estimate of drug-likeness (QED) is 0.918. The third-order valence-electron chi connectivity index (χ3n) is 3.94. The Morgan fingerprint density at radius 3 is 2.44 bits per heavy atom. The fourth-order valence-electron chi connectivity index (χ4n) is 2.59. The fourth-order valence-corrected chi connectivity index (χ4v) is 2.59. The summed E-state index contributed by atoms with van der Waals surface area (Å²) in [5.41, 5.74) is 8.23. The maximum absolute atomic E-state index is 5.95. The zero-order chi connectivity index (χ0) is 12.4. The first kappa shape index (κ1) is 15.5. The number of likely N-dealkylation sites (tertiary alicyclic amines) is 1. The Morgan fingerprint density at radius 2 is 2.00 bits per heavy atom. The van der Waals surface area contributed by atoms with Gasteiger partial charge < -0.3 is 10.3 Å². The highest BCUT2D eigenvalue weighted by atomic mass is 35.5. The topological polar surface area (TPSA) is 55.3 Å². The molecule has 1 aromatic heterocycles. The van der Waals surface area contributed by atoms with Crippen molar-refractivity contribution in [2.75, 3.05) is 13.1 Å². The predicted molar refractivity (Wildman–Crippen MR) is 74.9 cm³/mol.